The van der Waals surface area contributed by atoms with Crippen LogP contribution in [0.2, 0.25) is 0 Å². The molecule has 2 rings (SSSR count). The number of rotatable bonds is 6. The maximum absolute atomic E-state index is 12.4. The van der Waals surface area contributed by atoms with Crippen LogP contribution >= 0.6 is 15.9 Å². The van der Waals surface area contributed by atoms with Gasteiger partial charge in [0.25, 0.3) is 0 Å². The molecule has 1 heterocycles. The smallest absolute Gasteiger partial charge is 0.307 e. The normalized spacial score (nSPS) is 19.8. The number of hydrogen-bond donors (Lipinski definition) is 1. The summed E-state index contributed by atoms with van der Waals surface area (Å²) in [6.45, 7) is 0.617. The van der Waals surface area contributed by atoms with Gasteiger partial charge in [-0.15, -0.1) is 0 Å². The van der Waals surface area contributed by atoms with Crippen molar-refractivity contribution in [2.45, 2.75) is 24.1 Å². The topological polar surface area (TPSA) is 81.7 Å². The van der Waals surface area contributed by atoms with Gasteiger partial charge in [-0.3, -0.25) is 4.79 Å². The van der Waals surface area contributed by atoms with Crippen molar-refractivity contribution in [2.24, 2.45) is 0 Å². The summed E-state index contributed by atoms with van der Waals surface area (Å²) in [7, 11) is -2.29. The maximum atomic E-state index is 12.4. The molecule has 1 aliphatic heterocycles. The molecule has 0 saturated carbocycles. The third-order valence-electron chi connectivity index (χ3n) is 3.50. The fourth-order valence-electron chi connectivity index (χ4n) is 2.22. The lowest BCUT2D eigenvalue weighted by Crippen LogP contribution is -2.38. The quantitative estimate of drug-likeness (QED) is 0.747. The zero-order valence-electron chi connectivity index (χ0n) is 12.1. The molecule has 122 valence electrons. The van der Waals surface area contributed by atoms with Crippen molar-refractivity contribution in [1.29, 1.82) is 0 Å². The highest BCUT2D eigenvalue weighted by Gasteiger charge is 2.32. The Bertz CT molecular complexity index is 611. The molecule has 2 unspecified atom stereocenters. The third-order valence-corrected chi connectivity index (χ3v) is 5.90. The van der Waals surface area contributed by atoms with Crippen molar-refractivity contribution in [3.63, 3.8) is 0 Å². The Morgan fingerprint density at radius 1 is 1.45 bits per heavy atom. The van der Waals surface area contributed by atoms with Crippen LogP contribution < -0.4 is 4.72 Å². The Morgan fingerprint density at radius 2 is 2.14 bits per heavy atom. The van der Waals surface area contributed by atoms with Gasteiger partial charge in [-0.2, -0.15) is 0 Å². The monoisotopic (exact) mass is 391 g/mol. The summed E-state index contributed by atoms with van der Waals surface area (Å²) in [5.41, 5.74) is 0.705. The van der Waals surface area contributed by atoms with E-state index in [4.69, 9.17) is 4.74 Å². The number of methoxy groups -OCH3 is 1. The summed E-state index contributed by atoms with van der Waals surface area (Å²) in [5.74, 6) is -0.474. The SMILES string of the molecule is COC(=O)CC(NS(=O)(=O)C1CCOC1)c1ccc(Br)cc1. The molecular formula is C14H18BrNO5S. The molecule has 1 fully saturated rings. The van der Waals surface area contributed by atoms with E-state index in [2.05, 4.69) is 25.4 Å². The Labute approximate surface area is 138 Å². The van der Waals surface area contributed by atoms with E-state index in [1.54, 1.807) is 24.3 Å². The highest BCUT2D eigenvalue weighted by atomic mass is 79.9. The summed E-state index contributed by atoms with van der Waals surface area (Å²) in [4.78, 5) is 11.6. The molecule has 1 aromatic carbocycles. The van der Waals surface area contributed by atoms with Gasteiger partial charge < -0.3 is 9.47 Å². The lowest BCUT2D eigenvalue weighted by Gasteiger charge is -2.20. The van der Waals surface area contributed by atoms with Crippen LogP contribution in [0, 0.1) is 0 Å². The molecule has 0 bridgehead atoms. The summed E-state index contributed by atoms with van der Waals surface area (Å²) < 4.78 is 38.1. The molecule has 0 aliphatic carbocycles. The molecule has 1 aromatic rings. The second-order valence-electron chi connectivity index (χ2n) is 5.03. The Balaban J connectivity index is 2.20. The van der Waals surface area contributed by atoms with E-state index in [9.17, 15) is 13.2 Å². The average Bonchev–Trinajstić information content (AvgIpc) is 3.02. The predicted octanol–water partition coefficient (Wildman–Crippen LogP) is 1.76. The van der Waals surface area contributed by atoms with Gasteiger partial charge in [0.05, 0.1) is 26.2 Å². The van der Waals surface area contributed by atoms with Crippen LogP contribution in [-0.4, -0.2) is 40.0 Å². The van der Waals surface area contributed by atoms with Crippen LogP contribution in [0.15, 0.2) is 28.7 Å². The van der Waals surface area contributed by atoms with Gasteiger partial charge in [0.2, 0.25) is 10.0 Å². The third kappa shape index (κ3) is 4.52. The number of carbonyl (C=O) groups excluding carboxylic acids is 1. The molecule has 0 spiro atoms. The molecule has 1 saturated heterocycles. The number of nitrogens with one attached hydrogen (secondary N) is 1. The number of halogens is 1. The van der Waals surface area contributed by atoms with Crippen molar-refractivity contribution in [3.05, 3.63) is 34.3 Å². The largest absolute Gasteiger partial charge is 0.469 e. The minimum Gasteiger partial charge on any atom is -0.469 e. The Hall–Kier alpha value is -0.960. The highest BCUT2D eigenvalue weighted by molar-refractivity contribution is 9.10. The number of hydrogen-bond acceptors (Lipinski definition) is 5. The van der Waals surface area contributed by atoms with Crippen LogP contribution in [0.1, 0.15) is 24.4 Å². The van der Waals surface area contributed by atoms with Gasteiger partial charge in [0, 0.05) is 11.1 Å². The molecule has 22 heavy (non-hydrogen) atoms. The van der Waals surface area contributed by atoms with E-state index >= 15 is 0 Å². The molecular weight excluding hydrogens is 374 g/mol. The second kappa shape index (κ2) is 7.54. The summed E-state index contributed by atoms with van der Waals surface area (Å²) in [6.07, 6.45) is 0.394. The van der Waals surface area contributed by atoms with E-state index in [1.807, 2.05) is 0 Å². The van der Waals surface area contributed by atoms with Crippen LogP contribution in [0.4, 0.5) is 0 Å². The van der Waals surface area contributed by atoms with E-state index < -0.39 is 27.3 Å². The van der Waals surface area contributed by atoms with E-state index in [0.717, 1.165) is 4.47 Å². The molecule has 8 heteroatoms. The van der Waals surface area contributed by atoms with Crippen molar-refractivity contribution in [3.8, 4) is 0 Å². The lowest BCUT2D eigenvalue weighted by atomic mass is 10.1. The predicted molar refractivity (Wildman–Crippen MR) is 84.8 cm³/mol. The first-order valence-electron chi connectivity index (χ1n) is 6.83. The highest BCUT2D eigenvalue weighted by Crippen LogP contribution is 2.23. The maximum Gasteiger partial charge on any atom is 0.307 e. The standard InChI is InChI=1S/C14H18BrNO5S/c1-20-14(17)8-13(10-2-4-11(15)5-3-10)16-22(18,19)12-6-7-21-9-12/h2-5,12-13,16H,6-9H2,1H3. The number of sulfonamides is 1. The van der Waals surface area contributed by atoms with Gasteiger partial charge in [0.1, 0.15) is 5.25 Å². The van der Waals surface area contributed by atoms with Crippen molar-refractivity contribution in [2.75, 3.05) is 20.3 Å². The molecule has 0 aromatic heterocycles. The van der Waals surface area contributed by atoms with Crippen LogP contribution in [0.25, 0.3) is 0 Å². The average molecular weight is 392 g/mol. The lowest BCUT2D eigenvalue weighted by molar-refractivity contribution is -0.141. The number of carbonyl (C=O) groups is 1. The van der Waals surface area contributed by atoms with Gasteiger partial charge >= 0.3 is 5.97 Å². The minimum atomic E-state index is -3.57. The first kappa shape index (κ1) is 17.4. The molecule has 1 aliphatic rings. The van der Waals surface area contributed by atoms with Crippen LogP contribution in [0.5, 0.6) is 0 Å². The summed E-state index contributed by atoms with van der Waals surface area (Å²) in [6, 6.07) is 6.47. The van der Waals surface area contributed by atoms with Crippen molar-refractivity contribution < 1.29 is 22.7 Å². The van der Waals surface area contributed by atoms with Gasteiger partial charge in [0.15, 0.2) is 0 Å². The Morgan fingerprint density at radius 3 is 2.68 bits per heavy atom. The minimum absolute atomic E-state index is 0.0645. The Kier molecular flexibility index (Phi) is 5.96. The van der Waals surface area contributed by atoms with Gasteiger partial charge in [-0.25, -0.2) is 13.1 Å². The molecule has 0 radical (unpaired) electrons. The molecule has 1 N–H and O–H groups in total. The van der Waals surface area contributed by atoms with E-state index in [-0.39, 0.29) is 13.0 Å². The first-order valence-corrected chi connectivity index (χ1v) is 9.17. The van der Waals surface area contributed by atoms with E-state index in [0.29, 0.717) is 18.6 Å². The fourth-order valence-corrected chi connectivity index (χ4v) is 3.98. The number of benzene rings is 1. The zero-order valence-corrected chi connectivity index (χ0v) is 14.5. The molecule has 2 atom stereocenters. The summed E-state index contributed by atoms with van der Waals surface area (Å²) >= 11 is 3.33. The first-order chi connectivity index (χ1) is 10.4. The van der Waals surface area contributed by atoms with Crippen molar-refractivity contribution >= 4 is 31.9 Å². The van der Waals surface area contributed by atoms with Crippen LogP contribution in [-0.2, 0) is 24.3 Å². The second-order valence-corrected chi connectivity index (χ2v) is 7.94. The van der Waals surface area contributed by atoms with Gasteiger partial charge in [-0.05, 0) is 24.1 Å². The number of esters is 1. The molecule has 0 amide bonds. The van der Waals surface area contributed by atoms with E-state index in [1.165, 1.54) is 7.11 Å². The van der Waals surface area contributed by atoms with Crippen molar-refractivity contribution in [1.82, 2.24) is 4.72 Å². The molecule has 6 nitrogen and oxygen atoms in total. The van der Waals surface area contributed by atoms with Crippen LogP contribution in [0.3, 0.4) is 0 Å². The number of ether oxygens (including phenoxy) is 2. The fraction of sp³-hybridized carbons (Fsp3) is 0.500. The summed E-state index contributed by atoms with van der Waals surface area (Å²) in [5, 5.41) is -0.580. The zero-order chi connectivity index (χ0) is 16.2. The van der Waals surface area contributed by atoms with Gasteiger partial charge in [-0.1, -0.05) is 28.1 Å².